The molecule has 2 rings (SSSR count). The Labute approximate surface area is 77.7 Å². The van der Waals surface area contributed by atoms with Crippen molar-refractivity contribution in [2.75, 3.05) is 0 Å². The van der Waals surface area contributed by atoms with Gasteiger partial charge in [-0.3, -0.25) is 9.59 Å². The van der Waals surface area contributed by atoms with Gasteiger partial charge >= 0.3 is 0 Å². The van der Waals surface area contributed by atoms with E-state index in [1.807, 2.05) is 12.1 Å². The van der Waals surface area contributed by atoms with E-state index in [2.05, 4.69) is 15.9 Å². The van der Waals surface area contributed by atoms with Gasteiger partial charge in [0.05, 0.1) is 0 Å². The highest BCUT2D eigenvalue weighted by molar-refractivity contribution is 9.10. The van der Waals surface area contributed by atoms with Crippen molar-refractivity contribution in [2.24, 2.45) is 0 Å². The van der Waals surface area contributed by atoms with Crippen molar-refractivity contribution in [3.05, 3.63) is 33.8 Å². The molecule has 0 saturated carbocycles. The molecule has 0 radical (unpaired) electrons. The Hall–Kier alpha value is -0.960. The summed E-state index contributed by atoms with van der Waals surface area (Å²) in [6.07, 6.45) is 0.258. The third-order valence-electron chi connectivity index (χ3n) is 1.93. The first-order valence-corrected chi connectivity index (χ1v) is 4.34. The normalized spacial score (nSPS) is 15.1. The molecule has 0 aliphatic heterocycles. The Kier molecular flexibility index (Phi) is 1.61. The first-order chi connectivity index (χ1) is 5.70. The van der Waals surface area contributed by atoms with Gasteiger partial charge in [-0.2, -0.15) is 0 Å². The van der Waals surface area contributed by atoms with Crippen molar-refractivity contribution >= 4 is 27.5 Å². The Morgan fingerprint density at radius 3 is 2.67 bits per heavy atom. The molecule has 0 unspecified atom stereocenters. The molecule has 0 spiro atoms. The van der Waals surface area contributed by atoms with E-state index in [4.69, 9.17) is 0 Å². The number of fused-ring (bicyclic) bond motifs is 1. The molecule has 0 saturated heterocycles. The Balaban J connectivity index is 2.70. The smallest absolute Gasteiger partial charge is 0.230 e. The van der Waals surface area contributed by atoms with Crippen LogP contribution in [0.4, 0.5) is 0 Å². The van der Waals surface area contributed by atoms with Crippen LogP contribution in [0.15, 0.2) is 22.7 Å². The fourth-order valence-electron chi connectivity index (χ4n) is 1.36. The molecule has 0 heterocycles. The molecule has 12 heavy (non-hydrogen) atoms. The molecule has 1 aromatic carbocycles. The number of benzene rings is 1. The maximum Gasteiger partial charge on any atom is 0.230 e. The number of carbonyl (C=O) groups excluding carboxylic acids is 2. The third kappa shape index (κ3) is 0.932. The quantitative estimate of drug-likeness (QED) is 0.630. The van der Waals surface area contributed by atoms with E-state index in [1.54, 1.807) is 6.07 Å². The van der Waals surface area contributed by atoms with Crippen LogP contribution in [0, 0.1) is 0 Å². The van der Waals surface area contributed by atoms with E-state index in [-0.39, 0.29) is 18.0 Å². The molecule has 1 aliphatic rings. The van der Waals surface area contributed by atoms with Gasteiger partial charge in [-0.1, -0.05) is 28.1 Å². The minimum atomic E-state index is -0.363. The summed E-state index contributed by atoms with van der Waals surface area (Å²) in [6.45, 7) is 0. The standard InChI is InChI=1S/C9H5BrO2/c10-6-3-1-2-5-4-7(11)9(12)8(5)6/h1-3H,4H2. The van der Waals surface area contributed by atoms with Crippen LogP contribution in [0.5, 0.6) is 0 Å². The monoisotopic (exact) mass is 224 g/mol. The fraction of sp³-hybridized carbons (Fsp3) is 0.111. The number of halogens is 1. The van der Waals surface area contributed by atoms with E-state index < -0.39 is 0 Å². The second-order valence-corrected chi connectivity index (χ2v) is 3.56. The molecule has 1 aliphatic carbocycles. The van der Waals surface area contributed by atoms with Crippen LogP contribution in [0.25, 0.3) is 0 Å². The summed E-state index contributed by atoms with van der Waals surface area (Å²) in [6, 6.07) is 5.41. The van der Waals surface area contributed by atoms with Crippen LogP contribution in [0.2, 0.25) is 0 Å². The third-order valence-corrected chi connectivity index (χ3v) is 2.59. The minimum Gasteiger partial charge on any atom is -0.290 e. The van der Waals surface area contributed by atoms with Crippen molar-refractivity contribution in [2.45, 2.75) is 6.42 Å². The van der Waals surface area contributed by atoms with Gasteiger partial charge in [-0.25, -0.2) is 0 Å². The maximum absolute atomic E-state index is 11.2. The van der Waals surface area contributed by atoms with Crippen molar-refractivity contribution in [3.8, 4) is 0 Å². The second-order valence-electron chi connectivity index (χ2n) is 2.70. The van der Waals surface area contributed by atoms with E-state index in [9.17, 15) is 9.59 Å². The molecule has 3 heteroatoms. The van der Waals surface area contributed by atoms with E-state index in [0.717, 1.165) is 10.0 Å². The molecule has 0 fully saturated rings. The molecule has 0 amide bonds. The number of ketones is 2. The Morgan fingerprint density at radius 1 is 1.25 bits per heavy atom. The predicted molar refractivity (Wildman–Crippen MR) is 47.2 cm³/mol. The van der Waals surface area contributed by atoms with Crippen molar-refractivity contribution in [1.82, 2.24) is 0 Å². The lowest BCUT2D eigenvalue weighted by Crippen LogP contribution is -2.06. The van der Waals surface area contributed by atoms with Crippen LogP contribution in [0.3, 0.4) is 0 Å². The fourth-order valence-corrected chi connectivity index (χ4v) is 1.95. The summed E-state index contributed by atoms with van der Waals surface area (Å²) in [5, 5.41) is 0. The first-order valence-electron chi connectivity index (χ1n) is 3.55. The first kappa shape index (κ1) is 7.68. The highest BCUT2D eigenvalue weighted by Gasteiger charge is 2.29. The SMILES string of the molecule is O=C1Cc2cccc(Br)c2C1=O. The molecule has 0 N–H and O–H groups in total. The predicted octanol–water partition coefficient (Wildman–Crippen LogP) is 1.76. The van der Waals surface area contributed by atoms with Crippen LogP contribution in [0.1, 0.15) is 15.9 Å². The van der Waals surface area contributed by atoms with Gasteiger partial charge in [0.15, 0.2) is 0 Å². The average molecular weight is 225 g/mol. The van der Waals surface area contributed by atoms with Gasteiger partial charge in [0, 0.05) is 16.5 Å². The topological polar surface area (TPSA) is 34.1 Å². The van der Waals surface area contributed by atoms with Gasteiger partial charge in [0.25, 0.3) is 0 Å². The van der Waals surface area contributed by atoms with Gasteiger partial charge in [-0.05, 0) is 11.6 Å². The van der Waals surface area contributed by atoms with Crippen molar-refractivity contribution < 1.29 is 9.59 Å². The number of hydrogen-bond acceptors (Lipinski definition) is 2. The molecule has 0 aromatic heterocycles. The van der Waals surface area contributed by atoms with Gasteiger partial charge in [0.2, 0.25) is 11.6 Å². The molecule has 1 aromatic rings. The largest absolute Gasteiger partial charge is 0.290 e. The molecular formula is C9H5BrO2. The summed E-state index contributed by atoms with van der Waals surface area (Å²) < 4.78 is 0.718. The number of rotatable bonds is 0. The summed E-state index contributed by atoms with van der Waals surface area (Å²) in [7, 11) is 0. The number of hydrogen-bond donors (Lipinski definition) is 0. The average Bonchev–Trinajstić information content (AvgIpc) is 2.29. The van der Waals surface area contributed by atoms with E-state index in [0.29, 0.717) is 5.56 Å². The van der Waals surface area contributed by atoms with E-state index in [1.165, 1.54) is 0 Å². The molecule has 60 valence electrons. The lowest BCUT2D eigenvalue weighted by Gasteiger charge is -1.96. The highest BCUT2D eigenvalue weighted by Crippen LogP contribution is 2.26. The van der Waals surface area contributed by atoms with Gasteiger partial charge < -0.3 is 0 Å². The zero-order valence-corrected chi connectivity index (χ0v) is 7.72. The number of Topliss-reactive ketones (excluding diaryl/α,β-unsaturated/α-hetero) is 2. The van der Waals surface area contributed by atoms with Gasteiger partial charge in [0.1, 0.15) is 0 Å². The molecule has 2 nitrogen and oxygen atoms in total. The molecular weight excluding hydrogens is 220 g/mol. The van der Waals surface area contributed by atoms with E-state index >= 15 is 0 Å². The van der Waals surface area contributed by atoms with Crippen LogP contribution < -0.4 is 0 Å². The van der Waals surface area contributed by atoms with Crippen molar-refractivity contribution in [1.29, 1.82) is 0 Å². The summed E-state index contributed by atoms with van der Waals surface area (Å²) in [5.41, 5.74) is 1.38. The molecule has 0 atom stereocenters. The van der Waals surface area contributed by atoms with Crippen molar-refractivity contribution in [3.63, 3.8) is 0 Å². The highest BCUT2D eigenvalue weighted by atomic mass is 79.9. The van der Waals surface area contributed by atoms with Crippen LogP contribution in [-0.2, 0) is 11.2 Å². The lowest BCUT2D eigenvalue weighted by molar-refractivity contribution is -0.114. The van der Waals surface area contributed by atoms with Crippen LogP contribution >= 0.6 is 15.9 Å². The Morgan fingerprint density at radius 2 is 2.00 bits per heavy atom. The summed E-state index contributed by atoms with van der Waals surface area (Å²) >= 11 is 3.24. The summed E-state index contributed by atoms with van der Waals surface area (Å²) in [5.74, 6) is -0.672. The maximum atomic E-state index is 11.2. The zero-order chi connectivity index (χ0) is 8.72. The Bertz CT molecular complexity index is 382. The van der Waals surface area contributed by atoms with Gasteiger partial charge in [-0.15, -0.1) is 0 Å². The minimum absolute atomic E-state index is 0.258. The van der Waals surface area contributed by atoms with Crippen LogP contribution in [-0.4, -0.2) is 11.6 Å². The lowest BCUT2D eigenvalue weighted by atomic mass is 10.1. The molecule has 0 bridgehead atoms. The zero-order valence-electron chi connectivity index (χ0n) is 6.13. The number of carbonyl (C=O) groups is 2. The summed E-state index contributed by atoms with van der Waals surface area (Å²) in [4.78, 5) is 22.3. The second kappa shape index (κ2) is 2.52.